The summed E-state index contributed by atoms with van der Waals surface area (Å²) in [6.07, 6.45) is 3.84. The third kappa shape index (κ3) is 2.94. The maximum absolute atomic E-state index is 6.09. The largest absolute Gasteiger partial charge is 0.467 e. The molecule has 4 heterocycles. The van der Waals surface area contributed by atoms with Crippen LogP contribution in [0.3, 0.4) is 0 Å². The number of benzene rings is 1. The fourth-order valence-corrected chi connectivity index (χ4v) is 3.44. The van der Waals surface area contributed by atoms with Gasteiger partial charge >= 0.3 is 0 Å². The minimum Gasteiger partial charge on any atom is -0.467 e. The van der Waals surface area contributed by atoms with Crippen LogP contribution in [0.15, 0.2) is 42.7 Å². The molecule has 0 amide bonds. The van der Waals surface area contributed by atoms with Crippen molar-refractivity contribution in [1.82, 2.24) is 34.6 Å². The smallest absolute Gasteiger partial charge is 0.256 e. The molecule has 1 aliphatic rings. The number of rotatable bonds is 5. The first-order chi connectivity index (χ1) is 13.8. The Balaban J connectivity index is 1.57. The van der Waals surface area contributed by atoms with E-state index in [0.717, 1.165) is 43.0 Å². The first-order valence-electron chi connectivity index (χ1n) is 9.32. The van der Waals surface area contributed by atoms with E-state index >= 15 is 0 Å². The number of ether oxygens (including phenoxy) is 1. The Bertz CT molecular complexity index is 1100. The summed E-state index contributed by atoms with van der Waals surface area (Å²) in [4.78, 5) is 6.52. The zero-order valence-electron chi connectivity index (χ0n) is 15.6. The van der Waals surface area contributed by atoms with Crippen molar-refractivity contribution in [2.75, 3.05) is 18.0 Å². The third-order valence-corrected chi connectivity index (χ3v) is 4.96. The molecule has 5 rings (SSSR count). The van der Waals surface area contributed by atoms with E-state index in [0.29, 0.717) is 24.0 Å². The van der Waals surface area contributed by atoms with Gasteiger partial charge in [-0.3, -0.25) is 4.68 Å². The fraction of sp³-hybridized carbons (Fsp3) is 0.316. The van der Waals surface area contributed by atoms with Gasteiger partial charge in [-0.05, 0) is 12.8 Å². The normalized spacial score (nSPS) is 14.1. The summed E-state index contributed by atoms with van der Waals surface area (Å²) in [6, 6.07) is 11.9. The molecule has 1 aliphatic heterocycles. The van der Waals surface area contributed by atoms with E-state index in [4.69, 9.17) is 9.84 Å². The topological polar surface area (TPSA) is 86.3 Å². The Labute approximate surface area is 161 Å². The Morgan fingerprint density at radius 2 is 1.89 bits per heavy atom. The van der Waals surface area contributed by atoms with Gasteiger partial charge in [0.1, 0.15) is 18.6 Å². The van der Waals surface area contributed by atoms with Gasteiger partial charge in [0.2, 0.25) is 0 Å². The molecule has 1 saturated heterocycles. The standard InChI is InChI=1S/C19H20N8O/c1-25-17(20-13-21-25)12-28-19-15(26-9-5-6-10-26)11-16-22-23-18(27(16)24-19)14-7-3-2-4-8-14/h2-4,7-8,11,13H,5-6,9-10,12H2,1H3. The first kappa shape index (κ1) is 16.7. The molecule has 0 atom stereocenters. The van der Waals surface area contributed by atoms with E-state index in [2.05, 4.69) is 25.2 Å². The SMILES string of the molecule is Cn1ncnc1COc1nn2c(-c3ccccc3)nnc2cc1N1CCCC1. The fourth-order valence-electron chi connectivity index (χ4n) is 3.44. The van der Waals surface area contributed by atoms with Gasteiger partial charge in [0.25, 0.3) is 5.88 Å². The molecule has 0 spiro atoms. The number of aromatic nitrogens is 7. The van der Waals surface area contributed by atoms with E-state index in [-0.39, 0.29) is 0 Å². The minimum atomic E-state index is 0.290. The summed E-state index contributed by atoms with van der Waals surface area (Å²) in [5.74, 6) is 1.97. The second-order valence-electron chi connectivity index (χ2n) is 6.78. The van der Waals surface area contributed by atoms with Gasteiger partial charge < -0.3 is 9.64 Å². The van der Waals surface area contributed by atoms with Crippen molar-refractivity contribution >= 4 is 11.3 Å². The van der Waals surface area contributed by atoms with E-state index in [9.17, 15) is 0 Å². The van der Waals surface area contributed by atoms with Gasteiger partial charge in [-0.2, -0.15) is 9.61 Å². The quantitative estimate of drug-likeness (QED) is 0.527. The lowest BCUT2D eigenvalue weighted by Gasteiger charge is -2.20. The lowest BCUT2D eigenvalue weighted by atomic mass is 10.2. The zero-order chi connectivity index (χ0) is 18.9. The summed E-state index contributed by atoms with van der Waals surface area (Å²) >= 11 is 0. The van der Waals surface area contributed by atoms with Crippen molar-refractivity contribution in [3.63, 3.8) is 0 Å². The summed E-state index contributed by atoms with van der Waals surface area (Å²) in [7, 11) is 1.84. The van der Waals surface area contributed by atoms with Crippen molar-refractivity contribution in [3.05, 3.63) is 48.5 Å². The number of nitrogens with zero attached hydrogens (tertiary/aromatic N) is 8. The number of hydrogen-bond donors (Lipinski definition) is 0. The monoisotopic (exact) mass is 376 g/mol. The Hall–Kier alpha value is -3.49. The van der Waals surface area contributed by atoms with Crippen LogP contribution in [0.4, 0.5) is 5.69 Å². The molecule has 0 aliphatic carbocycles. The molecule has 0 bridgehead atoms. The second kappa shape index (κ2) is 6.91. The van der Waals surface area contributed by atoms with Crippen LogP contribution in [0.1, 0.15) is 18.7 Å². The van der Waals surface area contributed by atoms with Gasteiger partial charge in [-0.15, -0.1) is 15.3 Å². The molecule has 3 aromatic heterocycles. The maximum atomic E-state index is 6.09. The third-order valence-electron chi connectivity index (χ3n) is 4.96. The highest BCUT2D eigenvalue weighted by molar-refractivity contribution is 5.65. The number of hydrogen-bond acceptors (Lipinski definition) is 7. The number of fused-ring (bicyclic) bond motifs is 1. The van der Waals surface area contributed by atoms with Crippen molar-refractivity contribution < 1.29 is 4.74 Å². The maximum Gasteiger partial charge on any atom is 0.256 e. The zero-order valence-corrected chi connectivity index (χ0v) is 15.6. The Morgan fingerprint density at radius 3 is 2.64 bits per heavy atom. The number of anilines is 1. The molecule has 0 N–H and O–H groups in total. The summed E-state index contributed by atoms with van der Waals surface area (Å²) < 4.78 is 9.52. The van der Waals surface area contributed by atoms with Crippen molar-refractivity contribution in [3.8, 4) is 17.3 Å². The van der Waals surface area contributed by atoms with Crippen LogP contribution in [0.2, 0.25) is 0 Å². The van der Waals surface area contributed by atoms with Crippen LogP contribution < -0.4 is 9.64 Å². The van der Waals surface area contributed by atoms with E-state index < -0.39 is 0 Å². The predicted octanol–water partition coefficient (Wildman–Crippen LogP) is 2.10. The van der Waals surface area contributed by atoms with Gasteiger partial charge in [0.15, 0.2) is 17.3 Å². The molecule has 1 aromatic carbocycles. The molecule has 0 radical (unpaired) electrons. The van der Waals surface area contributed by atoms with Gasteiger partial charge in [-0.1, -0.05) is 30.3 Å². The average molecular weight is 376 g/mol. The summed E-state index contributed by atoms with van der Waals surface area (Å²) in [5, 5.41) is 17.5. The van der Waals surface area contributed by atoms with Crippen molar-refractivity contribution in [2.24, 2.45) is 7.05 Å². The predicted molar refractivity (Wildman–Crippen MR) is 103 cm³/mol. The molecule has 0 saturated carbocycles. The van der Waals surface area contributed by atoms with E-state index in [1.807, 2.05) is 43.4 Å². The van der Waals surface area contributed by atoms with Crippen LogP contribution in [0.5, 0.6) is 5.88 Å². The summed E-state index contributed by atoms with van der Waals surface area (Å²) in [5.41, 5.74) is 2.60. The molecule has 9 nitrogen and oxygen atoms in total. The van der Waals surface area contributed by atoms with Gasteiger partial charge in [-0.25, -0.2) is 4.98 Å². The van der Waals surface area contributed by atoms with Crippen LogP contribution in [0, 0.1) is 0 Å². The first-order valence-corrected chi connectivity index (χ1v) is 9.32. The molecular formula is C19H20N8O. The Kier molecular flexibility index (Phi) is 4.12. The van der Waals surface area contributed by atoms with Crippen molar-refractivity contribution in [2.45, 2.75) is 19.4 Å². The number of aryl methyl sites for hydroxylation is 1. The lowest BCUT2D eigenvalue weighted by molar-refractivity contribution is 0.275. The molecule has 0 unspecified atom stereocenters. The lowest BCUT2D eigenvalue weighted by Crippen LogP contribution is -2.20. The highest BCUT2D eigenvalue weighted by Gasteiger charge is 2.22. The Morgan fingerprint density at radius 1 is 1.07 bits per heavy atom. The molecule has 142 valence electrons. The van der Waals surface area contributed by atoms with Crippen LogP contribution in [-0.2, 0) is 13.7 Å². The molecule has 1 fully saturated rings. The highest BCUT2D eigenvalue weighted by Crippen LogP contribution is 2.31. The van der Waals surface area contributed by atoms with E-state index in [1.54, 1.807) is 9.20 Å². The average Bonchev–Trinajstić information content (AvgIpc) is 3.47. The highest BCUT2D eigenvalue weighted by atomic mass is 16.5. The van der Waals surface area contributed by atoms with E-state index in [1.165, 1.54) is 6.33 Å². The molecule has 9 heteroatoms. The molecule has 4 aromatic rings. The molecule has 28 heavy (non-hydrogen) atoms. The van der Waals surface area contributed by atoms with Crippen LogP contribution in [0.25, 0.3) is 17.0 Å². The molecular weight excluding hydrogens is 356 g/mol. The van der Waals surface area contributed by atoms with Crippen LogP contribution in [-0.4, -0.2) is 47.7 Å². The van der Waals surface area contributed by atoms with Gasteiger partial charge in [0, 0.05) is 31.8 Å². The van der Waals surface area contributed by atoms with Crippen LogP contribution >= 0.6 is 0 Å². The summed E-state index contributed by atoms with van der Waals surface area (Å²) in [6.45, 7) is 2.26. The van der Waals surface area contributed by atoms with Crippen molar-refractivity contribution in [1.29, 1.82) is 0 Å². The van der Waals surface area contributed by atoms with Gasteiger partial charge in [0.05, 0.1) is 0 Å². The second-order valence-corrected chi connectivity index (χ2v) is 6.78. The minimum absolute atomic E-state index is 0.290.